The molecule has 0 aliphatic heterocycles. The average molecular weight is 421 g/mol. The Balaban J connectivity index is 1.71. The van der Waals surface area contributed by atoms with Crippen LogP contribution >= 0.6 is 23.2 Å². The molecule has 1 atom stereocenters. The largest absolute Gasteiger partial charge is 0.465 e. The Kier molecular flexibility index (Phi) is 5.91. The van der Waals surface area contributed by atoms with E-state index in [2.05, 4.69) is 10.6 Å². The zero-order valence-electron chi connectivity index (χ0n) is 14.7. The van der Waals surface area contributed by atoms with Crippen molar-refractivity contribution in [3.05, 3.63) is 70.2 Å². The van der Waals surface area contributed by atoms with Crippen molar-refractivity contribution in [3.8, 4) is 0 Å². The molecule has 2 aromatic carbocycles. The molecular formula is C20H18Cl2N2O4. The van der Waals surface area contributed by atoms with Gasteiger partial charge >= 0.3 is 6.09 Å². The Morgan fingerprint density at radius 2 is 1.64 bits per heavy atom. The summed E-state index contributed by atoms with van der Waals surface area (Å²) < 4.78 is 0. The first-order valence-electron chi connectivity index (χ1n) is 8.65. The molecule has 0 bridgehead atoms. The number of benzene rings is 2. The van der Waals surface area contributed by atoms with Gasteiger partial charge in [-0.25, -0.2) is 4.79 Å². The third-order valence-corrected chi connectivity index (χ3v) is 5.36. The van der Waals surface area contributed by atoms with E-state index in [0.717, 1.165) is 18.4 Å². The predicted molar refractivity (Wildman–Crippen MR) is 106 cm³/mol. The monoisotopic (exact) mass is 420 g/mol. The Morgan fingerprint density at radius 1 is 1.04 bits per heavy atom. The van der Waals surface area contributed by atoms with Crippen LogP contribution in [0.2, 0.25) is 5.02 Å². The van der Waals surface area contributed by atoms with Crippen molar-refractivity contribution >= 4 is 40.4 Å². The molecular weight excluding hydrogens is 403 g/mol. The zero-order chi connectivity index (χ0) is 20.3. The minimum absolute atomic E-state index is 0.0780. The van der Waals surface area contributed by atoms with Crippen LogP contribution in [0.4, 0.5) is 4.79 Å². The molecule has 6 nitrogen and oxygen atoms in total. The number of halogens is 2. The van der Waals surface area contributed by atoms with Gasteiger partial charge in [-0.2, -0.15) is 0 Å². The van der Waals surface area contributed by atoms with Crippen LogP contribution in [0.3, 0.4) is 0 Å². The molecule has 3 rings (SSSR count). The molecule has 2 aromatic rings. The Labute approximate surface area is 171 Å². The van der Waals surface area contributed by atoms with Crippen molar-refractivity contribution < 1.29 is 19.5 Å². The number of carbonyl (C=O) groups is 3. The highest BCUT2D eigenvalue weighted by Gasteiger charge is 2.51. The lowest BCUT2D eigenvalue weighted by molar-refractivity contribution is -0.123. The summed E-state index contributed by atoms with van der Waals surface area (Å²) >= 11 is 11.4. The topological polar surface area (TPSA) is 95.5 Å². The summed E-state index contributed by atoms with van der Waals surface area (Å²) in [6.45, 7) is 0.0780. The van der Waals surface area contributed by atoms with E-state index < -0.39 is 22.8 Å². The molecule has 1 aliphatic carbocycles. The van der Waals surface area contributed by atoms with Crippen molar-refractivity contribution in [1.82, 2.24) is 10.6 Å². The van der Waals surface area contributed by atoms with E-state index in [-0.39, 0.29) is 12.5 Å². The number of carbonyl (C=O) groups excluding carboxylic acids is 2. The fourth-order valence-electron chi connectivity index (χ4n) is 3.15. The molecule has 146 valence electrons. The first-order chi connectivity index (χ1) is 13.3. The molecule has 1 saturated carbocycles. The lowest BCUT2D eigenvalue weighted by Crippen LogP contribution is -2.41. The predicted octanol–water partition coefficient (Wildman–Crippen LogP) is 3.88. The van der Waals surface area contributed by atoms with Crippen LogP contribution in [0, 0.1) is 0 Å². The van der Waals surface area contributed by atoms with Crippen molar-refractivity contribution in [2.75, 3.05) is 6.54 Å². The molecule has 1 aliphatic rings. The van der Waals surface area contributed by atoms with Crippen LogP contribution in [0.25, 0.3) is 0 Å². The van der Waals surface area contributed by atoms with E-state index in [0.29, 0.717) is 16.1 Å². The zero-order valence-corrected chi connectivity index (χ0v) is 16.3. The molecule has 28 heavy (non-hydrogen) atoms. The van der Waals surface area contributed by atoms with Gasteiger partial charge in [-0.3, -0.25) is 9.59 Å². The normalized spacial score (nSPS) is 15.4. The second-order valence-corrected chi connectivity index (χ2v) is 7.48. The number of nitrogens with one attached hydrogen (secondary N) is 2. The fourth-order valence-corrected chi connectivity index (χ4v) is 3.40. The summed E-state index contributed by atoms with van der Waals surface area (Å²) in [6.07, 6.45) is 0.240. The van der Waals surface area contributed by atoms with Gasteiger partial charge in [0.05, 0.1) is 11.5 Å². The van der Waals surface area contributed by atoms with E-state index >= 15 is 0 Å². The second kappa shape index (κ2) is 8.20. The Morgan fingerprint density at radius 3 is 2.14 bits per heavy atom. The first kappa shape index (κ1) is 20.2. The molecule has 1 fully saturated rings. The third-order valence-electron chi connectivity index (χ3n) is 4.89. The highest BCUT2D eigenvalue weighted by Crippen LogP contribution is 2.48. The van der Waals surface area contributed by atoms with Gasteiger partial charge in [0.15, 0.2) is 0 Å². The summed E-state index contributed by atoms with van der Waals surface area (Å²) in [4.78, 5) is 35.1. The maximum atomic E-state index is 12.8. The quantitative estimate of drug-likeness (QED) is 0.592. The molecule has 0 spiro atoms. The average Bonchev–Trinajstić information content (AvgIpc) is 3.47. The summed E-state index contributed by atoms with van der Waals surface area (Å²) in [6, 6.07) is 12.7. The highest BCUT2D eigenvalue weighted by atomic mass is 35.5. The van der Waals surface area contributed by atoms with Crippen molar-refractivity contribution in [3.63, 3.8) is 0 Å². The Bertz CT molecular complexity index is 893. The highest BCUT2D eigenvalue weighted by molar-refractivity contribution is 6.67. The number of amides is 2. The van der Waals surface area contributed by atoms with Gasteiger partial charge in [0.2, 0.25) is 5.91 Å². The van der Waals surface area contributed by atoms with Gasteiger partial charge in [-0.15, -0.1) is 0 Å². The lowest BCUT2D eigenvalue weighted by Gasteiger charge is -2.21. The number of hydrogen-bond donors (Lipinski definition) is 3. The van der Waals surface area contributed by atoms with Crippen LogP contribution < -0.4 is 10.6 Å². The van der Waals surface area contributed by atoms with Gasteiger partial charge in [0, 0.05) is 17.1 Å². The number of carboxylic acid groups (broad SMARTS) is 1. The molecule has 0 aromatic heterocycles. The molecule has 0 heterocycles. The Hall–Kier alpha value is -2.57. The van der Waals surface area contributed by atoms with Gasteiger partial charge in [0.1, 0.15) is 0 Å². The van der Waals surface area contributed by atoms with Crippen molar-refractivity contribution in [2.45, 2.75) is 24.3 Å². The molecule has 1 unspecified atom stereocenters. The SMILES string of the molecule is O=C(O)NC(CNC(=O)C1(c2ccc(Cl)cc2)CC1)c1ccc(C(=O)Cl)cc1. The van der Waals surface area contributed by atoms with Crippen LogP contribution in [0.15, 0.2) is 48.5 Å². The summed E-state index contributed by atoms with van der Waals surface area (Å²) in [5.41, 5.74) is 1.22. The molecule has 3 N–H and O–H groups in total. The molecule has 2 amide bonds. The maximum Gasteiger partial charge on any atom is 0.405 e. The molecule has 0 radical (unpaired) electrons. The van der Waals surface area contributed by atoms with E-state index in [4.69, 9.17) is 28.3 Å². The van der Waals surface area contributed by atoms with Crippen LogP contribution in [-0.2, 0) is 10.2 Å². The fraction of sp³-hybridized carbons (Fsp3) is 0.250. The summed E-state index contributed by atoms with van der Waals surface area (Å²) in [7, 11) is 0. The third kappa shape index (κ3) is 4.46. The van der Waals surface area contributed by atoms with E-state index in [1.54, 1.807) is 24.3 Å². The van der Waals surface area contributed by atoms with Crippen LogP contribution in [-0.4, -0.2) is 28.9 Å². The second-order valence-electron chi connectivity index (χ2n) is 6.70. The number of rotatable bonds is 7. The smallest absolute Gasteiger partial charge is 0.405 e. The maximum absolute atomic E-state index is 12.8. The van der Waals surface area contributed by atoms with Crippen LogP contribution in [0.1, 0.15) is 40.4 Å². The standard InChI is InChI=1S/C20H18Cl2N2O4/c21-15-7-5-14(6-8-15)20(9-10-20)18(26)23-11-16(24-19(27)28)12-1-3-13(4-2-12)17(22)25/h1-8,16,24H,9-11H2,(H,23,26)(H,27,28). The number of hydrogen-bond acceptors (Lipinski definition) is 3. The first-order valence-corrected chi connectivity index (χ1v) is 9.41. The van der Waals surface area contributed by atoms with Crippen molar-refractivity contribution in [2.24, 2.45) is 0 Å². The van der Waals surface area contributed by atoms with Gasteiger partial charge in [-0.1, -0.05) is 35.9 Å². The summed E-state index contributed by atoms with van der Waals surface area (Å²) in [5, 5.41) is 14.4. The van der Waals surface area contributed by atoms with Gasteiger partial charge in [-0.05, 0) is 59.8 Å². The minimum Gasteiger partial charge on any atom is -0.465 e. The van der Waals surface area contributed by atoms with Gasteiger partial charge < -0.3 is 15.7 Å². The van der Waals surface area contributed by atoms with Gasteiger partial charge in [0.25, 0.3) is 5.24 Å². The lowest BCUT2D eigenvalue weighted by atomic mass is 9.95. The van der Waals surface area contributed by atoms with E-state index in [1.807, 2.05) is 12.1 Å². The van der Waals surface area contributed by atoms with Crippen LogP contribution in [0.5, 0.6) is 0 Å². The van der Waals surface area contributed by atoms with E-state index in [9.17, 15) is 14.4 Å². The molecule has 8 heteroatoms. The van der Waals surface area contributed by atoms with Crippen molar-refractivity contribution in [1.29, 1.82) is 0 Å². The summed E-state index contributed by atoms with van der Waals surface area (Å²) in [5.74, 6) is -0.153. The van der Waals surface area contributed by atoms with E-state index in [1.165, 1.54) is 12.1 Å². The minimum atomic E-state index is -1.21. The molecule has 0 saturated heterocycles.